The normalized spacial score (nSPS) is 14.0. The second-order valence-electron chi connectivity index (χ2n) is 9.02. The van der Waals surface area contributed by atoms with E-state index >= 15 is 0 Å². The molecule has 0 saturated carbocycles. The van der Waals surface area contributed by atoms with Gasteiger partial charge in [-0.3, -0.25) is 4.79 Å². The summed E-state index contributed by atoms with van der Waals surface area (Å²) in [5.74, 6) is 0.896. The monoisotopic (exact) mass is 523 g/mol. The number of aryl methyl sites for hydroxylation is 2. The minimum atomic E-state index is -0.121. The predicted molar refractivity (Wildman–Crippen MR) is 148 cm³/mol. The summed E-state index contributed by atoms with van der Waals surface area (Å²) in [6.07, 6.45) is 4.91. The second-order valence-corrected chi connectivity index (χ2v) is 9.39. The SMILES string of the molecule is CCN1CCN(c2ccc(Nc3ncc(CCc4cc(C(=O)COC)cc(OC)c4Cl)cn3)cc2)CC1. The third-order valence-corrected chi connectivity index (χ3v) is 7.06. The molecule has 1 aliphatic rings. The number of rotatable bonds is 11. The van der Waals surface area contributed by atoms with E-state index in [1.165, 1.54) is 19.9 Å². The van der Waals surface area contributed by atoms with Crippen molar-refractivity contribution in [3.05, 3.63) is 70.5 Å². The molecule has 1 fully saturated rings. The average Bonchev–Trinajstić information content (AvgIpc) is 2.94. The van der Waals surface area contributed by atoms with Crippen LogP contribution in [0.1, 0.15) is 28.4 Å². The number of carbonyl (C=O) groups excluding carboxylic acids is 1. The molecule has 3 aromatic rings. The molecule has 1 aromatic heterocycles. The Morgan fingerprint density at radius 2 is 1.73 bits per heavy atom. The van der Waals surface area contributed by atoms with Crippen molar-refractivity contribution < 1.29 is 14.3 Å². The van der Waals surface area contributed by atoms with E-state index in [4.69, 9.17) is 21.1 Å². The number of piperazine rings is 1. The number of hydrogen-bond acceptors (Lipinski definition) is 8. The van der Waals surface area contributed by atoms with Crippen LogP contribution < -0.4 is 15.0 Å². The third kappa shape index (κ3) is 6.97. The molecule has 0 atom stereocenters. The summed E-state index contributed by atoms with van der Waals surface area (Å²) >= 11 is 6.50. The summed E-state index contributed by atoms with van der Waals surface area (Å²) in [6.45, 7) is 7.65. The van der Waals surface area contributed by atoms with E-state index in [1.54, 1.807) is 12.1 Å². The van der Waals surface area contributed by atoms with E-state index in [9.17, 15) is 4.79 Å². The van der Waals surface area contributed by atoms with Gasteiger partial charge in [-0.25, -0.2) is 9.97 Å². The van der Waals surface area contributed by atoms with Crippen LogP contribution in [0.4, 0.5) is 17.3 Å². The standard InChI is InChI=1S/C28H34ClN5O3/c1-4-33-11-13-34(14-12-33)24-9-7-23(8-10-24)32-28-30-17-20(18-31-28)5-6-21-15-22(25(35)19-36-2)16-26(37-3)27(21)29/h7-10,15-18H,4-6,11-14,19H2,1-3H3,(H,30,31,32). The molecule has 2 aromatic carbocycles. The molecule has 196 valence electrons. The number of carbonyl (C=O) groups is 1. The van der Waals surface area contributed by atoms with Gasteiger partial charge in [-0.15, -0.1) is 0 Å². The van der Waals surface area contributed by atoms with Gasteiger partial charge < -0.3 is 24.6 Å². The Labute approximate surface area is 223 Å². The van der Waals surface area contributed by atoms with Crippen LogP contribution in [0.25, 0.3) is 0 Å². The van der Waals surface area contributed by atoms with Gasteiger partial charge in [0.25, 0.3) is 0 Å². The van der Waals surface area contributed by atoms with Gasteiger partial charge in [0.05, 0.1) is 12.1 Å². The molecule has 0 aliphatic carbocycles. The molecule has 1 saturated heterocycles. The summed E-state index contributed by atoms with van der Waals surface area (Å²) < 4.78 is 10.3. The van der Waals surface area contributed by atoms with Crippen molar-refractivity contribution in [2.75, 3.05) is 63.8 Å². The van der Waals surface area contributed by atoms with E-state index in [0.29, 0.717) is 35.1 Å². The zero-order valence-corrected chi connectivity index (χ0v) is 22.4. The average molecular weight is 524 g/mol. The molecule has 1 N–H and O–H groups in total. The highest BCUT2D eigenvalue weighted by Gasteiger charge is 2.16. The molecular formula is C28H34ClN5O3. The van der Waals surface area contributed by atoms with E-state index in [0.717, 1.165) is 49.5 Å². The molecule has 1 aliphatic heterocycles. The Hall–Kier alpha value is -3.20. The Kier molecular flexibility index (Phi) is 9.33. The smallest absolute Gasteiger partial charge is 0.227 e. The Bertz CT molecular complexity index is 1180. The fourth-order valence-electron chi connectivity index (χ4n) is 4.40. The van der Waals surface area contributed by atoms with E-state index < -0.39 is 0 Å². The van der Waals surface area contributed by atoms with E-state index in [2.05, 4.69) is 56.3 Å². The van der Waals surface area contributed by atoms with Crippen molar-refractivity contribution >= 4 is 34.7 Å². The fraction of sp³-hybridized carbons (Fsp3) is 0.393. The molecule has 0 radical (unpaired) electrons. The van der Waals surface area contributed by atoms with Crippen LogP contribution >= 0.6 is 11.6 Å². The fourth-order valence-corrected chi connectivity index (χ4v) is 4.68. The number of nitrogens with one attached hydrogen (secondary N) is 1. The summed E-state index contributed by atoms with van der Waals surface area (Å²) in [5, 5.41) is 3.78. The third-order valence-electron chi connectivity index (χ3n) is 6.63. The first-order valence-corrected chi connectivity index (χ1v) is 12.9. The maximum absolute atomic E-state index is 12.3. The molecule has 0 spiro atoms. The first kappa shape index (κ1) is 26.9. The number of aromatic nitrogens is 2. The van der Waals surface area contributed by atoms with Gasteiger partial charge in [-0.05, 0) is 66.9 Å². The van der Waals surface area contributed by atoms with Gasteiger partial charge in [0.15, 0.2) is 5.78 Å². The van der Waals surface area contributed by atoms with Crippen LogP contribution in [0.2, 0.25) is 5.02 Å². The lowest BCUT2D eigenvalue weighted by atomic mass is 10.0. The van der Waals surface area contributed by atoms with Crippen LogP contribution in [-0.4, -0.2) is 74.2 Å². The van der Waals surface area contributed by atoms with Crippen LogP contribution in [0.15, 0.2) is 48.8 Å². The lowest BCUT2D eigenvalue weighted by Crippen LogP contribution is -2.46. The van der Waals surface area contributed by atoms with Gasteiger partial charge >= 0.3 is 0 Å². The van der Waals surface area contributed by atoms with Crippen molar-refractivity contribution in [1.82, 2.24) is 14.9 Å². The zero-order chi connectivity index (χ0) is 26.2. The summed E-state index contributed by atoms with van der Waals surface area (Å²) in [7, 11) is 3.03. The minimum absolute atomic E-state index is 0.00517. The Morgan fingerprint density at radius 3 is 2.35 bits per heavy atom. The largest absolute Gasteiger partial charge is 0.495 e. The quantitative estimate of drug-likeness (QED) is 0.364. The number of halogens is 1. The van der Waals surface area contributed by atoms with Crippen molar-refractivity contribution in [3.63, 3.8) is 0 Å². The van der Waals surface area contributed by atoms with Gasteiger partial charge in [0.1, 0.15) is 12.4 Å². The highest BCUT2D eigenvalue weighted by molar-refractivity contribution is 6.33. The first-order valence-electron chi connectivity index (χ1n) is 12.5. The van der Waals surface area contributed by atoms with Gasteiger partial charge in [-0.1, -0.05) is 18.5 Å². The Morgan fingerprint density at radius 1 is 1.03 bits per heavy atom. The number of likely N-dealkylation sites (N-methyl/N-ethyl adjacent to an activating group) is 1. The summed E-state index contributed by atoms with van der Waals surface area (Å²) in [4.78, 5) is 26.2. The molecule has 8 nitrogen and oxygen atoms in total. The highest BCUT2D eigenvalue weighted by Crippen LogP contribution is 2.31. The first-order chi connectivity index (χ1) is 18.0. The number of ether oxygens (including phenoxy) is 2. The number of methoxy groups -OCH3 is 2. The van der Waals surface area contributed by atoms with Crippen molar-refractivity contribution in [1.29, 1.82) is 0 Å². The molecule has 0 unspecified atom stereocenters. The number of Topliss-reactive ketones (excluding diaryl/α,β-unsaturated/α-hetero) is 1. The molecule has 9 heteroatoms. The topological polar surface area (TPSA) is 79.8 Å². The van der Waals surface area contributed by atoms with Gasteiger partial charge in [0, 0.05) is 62.6 Å². The van der Waals surface area contributed by atoms with Crippen LogP contribution in [0.5, 0.6) is 5.75 Å². The number of hydrogen-bond donors (Lipinski definition) is 1. The van der Waals surface area contributed by atoms with Gasteiger partial charge in [0.2, 0.25) is 5.95 Å². The summed E-state index contributed by atoms with van der Waals surface area (Å²) in [6, 6.07) is 11.9. The lowest BCUT2D eigenvalue weighted by molar-refractivity contribution is 0.0847. The second kappa shape index (κ2) is 12.9. The number of nitrogens with zero attached hydrogens (tertiary/aromatic N) is 4. The number of benzene rings is 2. The molecule has 4 rings (SSSR count). The highest BCUT2D eigenvalue weighted by atomic mass is 35.5. The number of ketones is 1. The van der Waals surface area contributed by atoms with E-state index in [1.807, 2.05) is 12.4 Å². The maximum atomic E-state index is 12.3. The molecule has 0 bridgehead atoms. The maximum Gasteiger partial charge on any atom is 0.227 e. The van der Waals surface area contributed by atoms with Crippen LogP contribution in [-0.2, 0) is 17.6 Å². The zero-order valence-electron chi connectivity index (χ0n) is 21.7. The van der Waals surface area contributed by atoms with E-state index in [-0.39, 0.29) is 12.4 Å². The summed E-state index contributed by atoms with van der Waals surface area (Å²) in [5.41, 5.74) is 4.50. The van der Waals surface area contributed by atoms with Crippen LogP contribution in [0.3, 0.4) is 0 Å². The minimum Gasteiger partial charge on any atom is -0.495 e. The van der Waals surface area contributed by atoms with Crippen LogP contribution in [0, 0.1) is 0 Å². The Balaban J connectivity index is 1.35. The molecular weight excluding hydrogens is 490 g/mol. The molecule has 37 heavy (non-hydrogen) atoms. The van der Waals surface area contributed by atoms with Crippen molar-refractivity contribution in [2.45, 2.75) is 19.8 Å². The van der Waals surface area contributed by atoms with Crippen molar-refractivity contribution in [2.24, 2.45) is 0 Å². The molecule has 0 amide bonds. The number of anilines is 3. The predicted octanol–water partition coefficient (Wildman–Crippen LogP) is 4.64. The van der Waals surface area contributed by atoms with Gasteiger partial charge in [-0.2, -0.15) is 0 Å². The van der Waals surface area contributed by atoms with Crippen molar-refractivity contribution in [3.8, 4) is 5.75 Å². The molecule has 2 heterocycles. The lowest BCUT2D eigenvalue weighted by Gasteiger charge is -2.35.